The molecular formula is C17H16N5OS+. The fourth-order valence-corrected chi connectivity index (χ4v) is 3.64. The molecule has 0 radical (unpaired) electrons. The van der Waals surface area contributed by atoms with Crippen LogP contribution in [-0.4, -0.2) is 17.1 Å². The molecular weight excluding hydrogens is 322 g/mol. The molecule has 0 aliphatic carbocycles. The van der Waals surface area contributed by atoms with Crippen molar-refractivity contribution >= 4 is 38.4 Å². The van der Waals surface area contributed by atoms with Gasteiger partial charge in [0.15, 0.2) is 0 Å². The smallest absolute Gasteiger partial charge is 0.357 e. The SMILES string of the molecule is COc1ccc2c(c1)sc1nc(N)nc(NCc3ccccc3)[n+]12. The predicted octanol–water partition coefficient (Wildman–Crippen LogP) is 2.63. The van der Waals surface area contributed by atoms with E-state index in [2.05, 4.69) is 27.4 Å². The van der Waals surface area contributed by atoms with Crippen LogP contribution in [0.25, 0.3) is 15.2 Å². The van der Waals surface area contributed by atoms with Gasteiger partial charge in [0, 0.05) is 6.07 Å². The molecule has 0 saturated carbocycles. The van der Waals surface area contributed by atoms with Gasteiger partial charge < -0.3 is 10.5 Å². The molecule has 4 rings (SSSR count). The van der Waals surface area contributed by atoms with E-state index < -0.39 is 0 Å². The number of nitrogens with one attached hydrogen (secondary N) is 1. The van der Waals surface area contributed by atoms with Crippen molar-refractivity contribution in [2.24, 2.45) is 0 Å². The van der Waals surface area contributed by atoms with Gasteiger partial charge in [-0.05, 0) is 17.7 Å². The van der Waals surface area contributed by atoms with Gasteiger partial charge in [-0.1, -0.05) is 51.6 Å². The summed E-state index contributed by atoms with van der Waals surface area (Å²) < 4.78 is 8.35. The average molecular weight is 338 g/mol. The molecule has 2 aromatic heterocycles. The first-order valence-corrected chi connectivity index (χ1v) is 8.30. The van der Waals surface area contributed by atoms with Gasteiger partial charge in [-0.3, -0.25) is 5.32 Å². The number of anilines is 2. The highest BCUT2D eigenvalue weighted by Gasteiger charge is 2.19. The fourth-order valence-electron chi connectivity index (χ4n) is 2.59. The maximum absolute atomic E-state index is 5.88. The van der Waals surface area contributed by atoms with Crippen LogP contribution in [-0.2, 0) is 6.54 Å². The van der Waals surface area contributed by atoms with Gasteiger partial charge in [-0.15, -0.1) is 0 Å². The van der Waals surface area contributed by atoms with Crippen molar-refractivity contribution < 1.29 is 9.14 Å². The Morgan fingerprint density at radius 1 is 1.17 bits per heavy atom. The Hall–Kier alpha value is -2.93. The van der Waals surface area contributed by atoms with Crippen molar-refractivity contribution in [3.63, 3.8) is 0 Å². The topological polar surface area (TPSA) is 77.2 Å². The standard InChI is InChI=1S/C17H15N5OS/c1-23-12-7-8-13-14(9-12)24-17-21-15(18)20-16(22(13)17)19-10-11-5-3-2-4-6-11/h2-9H,10H2,1H3,(H2,18,19,20)/p+1. The van der Waals surface area contributed by atoms with Gasteiger partial charge in [-0.2, -0.15) is 4.40 Å². The molecule has 0 saturated heterocycles. The van der Waals surface area contributed by atoms with Gasteiger partial charge in [0.1, 0.15) is 11.3 Å². The van der Waals surface area contributed by atoms with E-state index in [1.165, 1.54) is 5.56 Å². The zero-order valence-corrected chi connectivity index (χ0v) is 13.9. The number of nitrogen functional groups attached to an aromatic ring is 1. The van der Waals surface area contributed by atoms with Crippen LogP contribution in [0.2, 0.25) is 0 Å². The van der Waals surface area contributed by atoms with Gasteiger partial charge in [0.2, 0.25) is 0 Å². The summed E-state index contributed by atoms with van der Waals surface area (Å²) in [6, 6.07) is 16.1. The Morgan fingerprint density at radius 2 is 2.00 bits per heavy atom. The highest BCUT2D eigenvalue weighted by molar-refractivity contribution is 7.22. The number of benzene rings is 2. The summed E-state index contributed by atoms with van der Waals surface area (Å²) in [6.07, 6.45) is 0. The van der Waals surface area contributed by atoms with Gasteiger partial charge in [0.25, 0.3) is 0 Å². The van der Waals surface area contributed by atoms with E-state index in [1.807, 2.05) is 40.8 Å². The Morgan fingerprint density at radius 3 is 2.79 bits per heavy atom. The quantitative estimate of drug-likeness (QED) is 0.559. The number of rotatable bonds is 4. The van der Waals surface area contributed by atoms with Crippen molar-refractivity contribution in [3.05, 3.63) is 54.1 Å². The van der Waals surface area contributed by atoms with Crippen LogP contribution >= 0.6 is 11.3 Å². The number of hydrogen-bond acceptors (Lipinski definition) is 6. The van der Waals surface area contributed by atoms with E-state index in [1.54, 1.807) is 18.4 Å². The zero-order chi connectivity index (χ0) is 16.5. The molecule has 2 aromatic carbocycles. The molecule has 24 heavy (non-hydrogen) atoms. The number of nitrogens with two attached hydrogens (primary N) is 1. The molecule has 4 aromatic rings. The Labute approximate surface area is 142 Å². The largest absolute Gasteiger partial charge is 0.497 e. The number of ether oxygens (including phenoxy) is 1. The number of methoxy groups -OCH3 is 1. The molecule has 2 heterocycles. The van der Waals surface area contributed by atoms with E-state index in [-0.39, 0.29) is 5.95 Å². The Balaban J connectivity index is 1.81. The first kappa shape index (κ1) is 14.6. The molecule has 6 nitrogen and oxygen atoms in total. The summed E-state index contributed by atoms with van der Waals surface area (Å²) in [5.41, 5.74) is 8.07. The minimum absolute atomic E-state index is 0.254. The molecule has 0 amide bonds. The van der Waals surface area contributed by atoms with E-state index in [0.29, 0.717) is 12.5 Å². The second-order valence-electron chi connectivity index (χ2n) is 5.30. The molecule has 0 unspecified atom stereocenters. The minimum atomic E-state index is 0.254. The molecule has 0 fully saturated rings. The van der Waals surface area contributed by atoms with E-state index in [9.17, 15) is 0 Å². The third-order valence-electron chi connectivity index (χ3n) is 3.74. The third-order valence-corrected chi connectivity index (χ3v) is 4.74. The summed E-state index contributed by atoms with van der Waals surface area (Å²) in [5, 5.41) is 3.36. The molecule has 0 spiro atoms. The second-order valence-corrected chi connectivity index (χ2v) is 6.31. The van der Waals surface area contributed by atoms with E-state index >= 15 is 0 Å². The van der Waals surface area contributed by atoms with Crippen molar-refractivity contribution in [2.75, 3.05) is 18.2 Å². The van der Waals surface area contributed by atoms with Crippen molar-refractivity contribution in [1.29, 1.82) is 0 Å². The van der Waals surface area contributed by atoms with Gasteiger partial charge in [0.05, 0.1) is 18.4 Å². The molecule has 3 N–H and O–H groups in total. The van der Waals surface area contributed by atoms with Crippen LogP contribution in [0.3, 0.4) is 0 Å². The lowest BCUT2D eigenvalue weighted by Crippen LogP contribution is -2.28. The maximum atomic E-state index is 5.88. The highest BCUT2D eigenvalue weighted by Crippen LogP contribution is 2.26. The monoisotopic (exact) mass is 338 g/mol. The summed E-state index contributed by atoms with van der Waals surface area (Å²) in [4.78, 5) is 9.52. The maximum Gasteiger partial charge on any atom is 0.357 e. The highest BCUT2D eigenvalue weighted by atomic mass is 32.1. The fraction of sp³-hybridized carbons (Fsp3) is 0.118. The second kappa shape index (κ2) is 5.93. The van der Waals surface area contributed by atoms with E-state index in [4.69, 9.17) is 10.5 Å². The summed E-state index contributed by atoms with van der Waals surface area (Å²) in [7, 11) is 1.66. The lowest BCUT2D eigenvalue weighted by Gasteiger charge is -2.03. The molecule has 7 heteroatoms. The van der Waals surface area contributed by atoms with E-state index in [0.717, 1.165) is 20.9 Å². The first-order chi connectivity index (χ1) is 11.7. The van der Waals surface area contributed by atoms with Crippen LogP contribution in [0, 0.1) is 0 Å². The van der Waals surface area contributed by atoms with Crippen molar-refractivity contribution in [3.8, 4) is 5.75 Å². The molecule has 0 atom stereocenters. The number of aromatic nitrogens is 3. The lowest BCUT2D eigenvalue weighted by molar-refractivity contribution is -0.467. The van der Waals surface area contributed by atoms with Crippen molar-refractivity contribution in [2.45, 2.75) is 6.54 Å². The average Bonchev–Trinajstić information content (AvgIpc) is 2.97. The van der Waals surface area contributed by atoms with Crippen LogP contribution in [0.1, 0.15) is 5.56 Å². The summed E-state index contributed by atoms with van der Waals surface area (Å²) in [6.45, 7) is 0.660. The van der Waals surface area contributed by atoms with Crippen LogP contribution in [0.15, 0.2) is 48.5 Å². The first-order valence-electron chi connectivity index (χ1n) is 7.48. The van der Waals surface area contributed by atoms with Crippen LogP contribution in [0.5, 0.6) is 5.75 Å². The lowest BCUT2D eigenvalue weighted by atomic mass is 10.2. The number of thiazole rings is 1. The summed E-state index contributed by atoms with van der Waals surface area (Å²) >= 11 is 1.55. The molecule has 120 valence electrons. The normalized spacial score (nSPS) is 11.0. The third kappa shape index (κ3) is 2.59. The zero-order valence-electron chi connectivity index (χ0n) is 13.1. The molecule has 0 aliphatic rings. The van der Waals surface area contributed by atoms with Gasteiger partial charge >= 0.3 is 16.9 Å². The Kier molecular flexibility index (Phi) is 3.62. The molecule has 0 aliphatic heterocycles. The predicted molar refractivity (Wildman–Crippen MR) is 95.3 cm³/mol. The Bertz CT molecular complexity index is 1020. The summed E-state index contributed by atoms with van der Waals surface area (Å²) in [5.74, 6) is 1.75. The van der Waals surface area contributed by atoms with Gasteiger partial charge in [-0.25, -0.2) is 0 Å². The molecule has 0 bridgehead atoms. The van der Waals surface area contributed by atoms with Crippen LogP contribution in [0.4, 0.5) is 11.9 Å². The number of nitrogens with zero attached hydrogens (tertiary/aromatic N) is 3. The minimum Gasteiger partial charge on any atom is -0.497 e. The number of fused-ring (bicyclic) bond motifs is 3. The van der Waals surface area contributed by atoms with Crippen molar-refractivity contribution in [1.82, 2.24) is 9.97 Å². The number of hydrogen-bond donors (Lipinski definition) is 2. The van der Waals surface area contributed by atoms with Crippen LogP contribution < -0.4 is 20.2 Å².